The molecule has 2 rings (SSSR count). The fourth-order valence-corrected chi connectivity index (χ4v) is 5.25. The van der Waals surface area contributed by atoms with Crippen molar-refractivity contribution < 1.29 is 17.9 Å². The summed E-state index contributed by atoms with van der Waals surface area (Å²) in [5, 5.41) is 3.74. The number of thioether (sulfide) groups is 1. The summed E-state index contributed by atoms with van der Waals surface area (Å²) in [6.45, 7) is 1.95. The Balaban J connectivity index is 1.96. The lowest BCUT2D eigenvalue weighted by atomic mass is 10.2. The number of nitrogens with zero attached hydrogens (tertiary/aromatic N) is 1. The van der Waals surface area contributed by atoms with Crippen molar-refractivity contribution in [1.82, 2.24) is 5.32 Å². The molecule has 0 fully saturated rings. The van der Waals surface area contributed by atoms with Gasteiger partial charge in [0.1, 0.15) is 11.8 Å². The number of carbonyl (C=O) groups excluding carboxylic acids is 1. The van der Waals surface area contributed by atoms with Crippen LogP contribution in [0.1, 0.15) is 12.5 Å². The highest BCUT2D eigenvalue weighted by atomic mass is 35.5. The van der Waals surface area contributed by atoms with E-state index in [4.69, 9.17) is 27.9 Å². The number of nitrogens with one attached hydrogen (secondary N) is 1. The normalized spacial score (nSPS) is 12.3. The van der Waals surface area contributed by atoms with E-state index in [0.717, 1.165) is 21.9 Å². The Morgan fingerprint density at radius 1 is 1.23 bits per heavy atom. The van der Waals surface area contributed by atoms with Gasteiger partial charge in [0, 0.05) is 23.1 Å². The first-order valence-corrected chi connectivity index (χ1v) is 12.8. The first-order valence-electron chi connectivity index (χ1n) is 9.06. The second-order valence-electron chi connectivity index (χ2n) is 6.53. The first-order chi connectivity index (χ1) is 14.1. The van der Waals surface area contributed by atoms with Gasteiger partial charge in [-0.15, -0.1) is 0 Å². The first kappa shape index (κ1) is 24.7. The molecule has 164 valence electrons. The maximum atomic E-state index is 12.6. The minimum Gasteiger partial charge on any atom is -0.495 e. The van der Waals surface area contributed by atoms with Gasteiger partial charge in [-0.05, 0) is 42.8 Å². The molecule has 0 unspecified atom stereocenters. The van der Waals surface area contributed by atoms with Gasteiger partial charge >= 0.3 is 0 Å². The summed E-state index contributed by atoms with van der Waals surface area (Å²) in [4.78, 5) is 12.6. The summed E-state index contributed by atoms with van der Waals surface area (Å²) in [7, 11) is -2.25. The number of hydrogen-bond donors (Lipinski definition) is 1. The second kappa shape index (κ2) is 11.1. The number of rotatable bonds is 10. The Hall–Kier alpha value is -1.61. The van der Waals surface area contributed by atoms with E-state index in [1.54, 1.807) is 23.9 Å². The predicted molar refractivity (Wildman–Crippen MR) is 125 cm³/mol. The zero-order valence-electron chi connectivity index (χ0n) is 16.9. The highest BCUT2D eigenvalue weighted by molar-refractivity contribution is 7.98. The van der Waals surface area contributed by atoms with Crippen LogP contribution < -0.4 is 14.4 Å². The highest BCUT2D eigenvalue weighted by Gasteiger charge is 2.29. The van der Waals surface area contributed by atoms with Crippen LogP contribution >= 0.6 is 35.0 Å². The van der Waals surface area contributed by atoms with Crippen molar-refractivity contribution in [3.05, 3.63) is 58.1 Å². The van der Waals surface area contributed by atoms with Crippen molar-refractivity contribution >= 4 is 56.6 Å². The Kier molecular flexibility index (Phi) is 9.15. The third-order valence-corrected chi connectivity index (χ3v) is 6.98. The Morgan fingerprint density at radius 3 is 2.57 bits per heavy atom. The number of ether oxygens (including phenoxy) is 1. The topological polar surface area (TPSA) is 75.7 Å². The molecule has 0 saturated heterocycles. The monoisotopic (exact) mass is 490 g/mol. The molecule has 0 aromatic heterocycles. The van der Waals surface area contributed by atoms with Gasteiger partial charge in [-0.1, -0.05) is 35.3 Å². The van der Waals surface area contributed by atoms with E-state index in [1.807, 2.05) is 24.3 Å². The molecule has 1 N–H and O–H groups in total. The minimum atomic E-state index is -3.72. The van der Waals surface area contributed by atoms with Crippen LogP contribution in [0.2, 0.25) is 10.0 Å². The summed E-state index contributed by atoms with van der Waals surface area (Å²) in [6, 6.07) is 11.2. The Morgan fingerprint density at radius 2 is 1.97 bits per heavy atom. The van der Waals surface area contributed by atoms with Crippen molar-refractivity contribution in [2.45, 2.75) is 18.7 Å². The number of anilines is 1. The SMILES string of the molecule is COc1ccc(N([C@H](C)C(=O)NCCSCc2cccc(Cl)c2)S(C)(=O)=O)cc1Cl. The van der Waals surface area contributed by atoms with Crippen LogP contribution in [-0.4, -0.2) is 46.0 Å². The zero-order valence-corrected chi connectivity index (χ0v) is 20.0. The van der Waals surface area contributed by atoms with Crippen molar-refractivity contribution in [3.8, 4) is 5.75 Å². The van der Waals surface area contributed by atoms with Gasteiger partial charge in [0.05, 0.1) is 24.1 Å². The Bertz CT molecular complexity index is 987. The molecular formula is C20H24Cl2N2O4S2. The smallest absolute Gasteiger partial charge is 0.243 e. The van der Waals surface area contributed by atoms with Crippen molar-refractivity contribution in [2.75, 3.05) is 30.0 Å². The molecule has 30 heavy (non-hydrogen) atoms. The molecule has 0 saturated carbocycles. The van der Waals surface area contributed by atoms with Crippen molar-refractivity contribution in [2.24, 2.45) is 0 Å². The molecule has 2 aromatic carbocycles. The van der Waals surface area contributed by atoms with Gasteiger partial charge in [0.15, 0.2) is 0 Å². The van der Waals surface area contributed by atoms with Gasteiger partial charge in [-0.3, -0.25) is 9.10 Å². The molecule has 0 heterocycles. The number of halogens is 2. The van der Waals surface area contributed by atoms with Gasteiger partial charge in [-0.2, -0.15) is 11.8 Å². The van der Waals surface area contributed by atoms with E-state index in [-0.39, 0.29) is 5.02 Å². The quantitative estimate of drug-likeness (QED) is 0.504. The fraction of sp³-hybridized carbons (Fsp3) is 0.350. The average Bonchev–Trinajstić information content (AvgIpc) is 2.66. The molecule has 0 aliphatic carbocycles. The molecule has 2 aromatic rings. The van der Waals surface area contributed by atoms with Crippen molar-refractivity contribution in [3.63, 3.8) is 0 Å². The van der Waals surface area contributed by atoms with Gasteiger partial charge in [0.2, 0.25) is 15.9 Å². The van der Waals surface area contributed by atoms with Crippen LogP contribution in [0.25, 0.3) is 0 Å². The van der Waals surface area contributed by atoms with E-state index in [0.29, 0.717) is 28.8 Å². The summed E-state index contributed by atoms with van der Waals surface area (Å²) < 4.78 is 30.9. The number of methoxy groups -OCH3 is 1. The molecule has 0 spiro atoms. The standard InChI is InChI=1S/C20H24Cl2N2O4S2/c1-14(20(25)23-9-10-29-13-15-5-4-6-16(21)11-15)24(30(3,26)27)17-7-8-19(28-2)18(22)12-17/h4-8,11-12,14H,9-10,13H2,1-3H3,(H,23,25)/t14-/m1/s1. The second-order valence-corrected chi connectivity index (χ2v) is 10.3. The molecule has 0 bridgehead atoms. The molecule has 0 radical (unpaired) electrons. The summed E-state index contributed by atoms with van der Waals surface area (Å²) in [5.41, 5.74) is 1.40. The van der Waals surface area contributed by atoms with Gasteiger partial charge < -0.3 is 10.1 Å². The van der Waals surface area contributed by atoms with E-state index in [2.05, 4.69) is 5.32 Å². The van der Waals surface area contributed by atoms with E-state index < -0.39 is 22.0 Å². The highest BCUT2D eigenvalue weighted by Crippen LogP contribution is 2.31. The van der Waals surface area contributed by atoms with Gasteiger partial charge in [0.25, 0.3) is 0 Å². The Labute approximate surface area is 191 Å². The lowest BCUT2D eigenvalue weighted by Crippen LogP contribution is -2.48. The van der Waals surface area contributed by atoms with Crippen LogP contribution in [0.15, 0.2) is 42.5 Å². The lowest BCUT2D eigenvalue weighted by Gasteiger charge is -2.28. The lowest BCUT2D eigenvalue weighted by molar-refractivity contribution is -0.121. The third-order valence-electron chi connectivity index (χ3n) is 4.18. The number of sulfonamides is 1. The van der Waals surface area contributed by atoms with E-state index in [1.165, 1.54) is 20.1 Å². The van der Waals surface area contributed by atoms with Crippen LogP contribution in [0.4, 0.5) is 5.69 Å². The molecule has 6 nitrogen and oxygen atoms in total. The number of hydrogen-bond acceptors (Lipinski definition) is 5. The maximum Gasteiger partial charge on any atom is 0.243 e. The predicted octanol–water partition coefficient (Wildman–Crippen LogP) is 4.21. The van der Waals surface area contributed by atoms with Crippen LogP contribution in [0.5, 0.6) is 5.75 Å². The molecule has 0 aliphatic rings. The molecule has 1 amide bonds. The van der Waals surface area contributed by atoms with E-state index >= 15 is 0 Å². The van der Waals surface area contributed by atoms with Crippen LogP contribution in [-0.2, 0) is 20.6 Å². The number of benzene rings is 2. The van der Waals surface area contributed by atoms with Gasteiger partial charge in [-0.25, -0.2) is 8.42 Å². The maximum absolute atomic E-state index is 12.6. The molecule has 10 heteroatoms. The average molecular weight is 491 g/mol. The molecule has 1 atom stereocenters. The van der Waals surface area contributed by atoms with Crippen molar-refractivity contribution in [1.29, 1.82) is 0 Å². The summed E-state index contributed by atoms with van der Waals surface area (Å²) in [6.07, 6.45) is 1.05. The minimum absolute atomic E-state index is 0.258. The largest absolute Gasteiger partial charge is 0.495 e. The molecule has 0 aliphatic heterocycles. The van der Waals surface area contributed by atoms with Crippen LogP contribution in [0, 0.1) is 0 Å². The fourth-order valence-electron chi connectivity index (χ4n) is 2.81. The van der Waals surface area contributed by atoms with Crippen LogP contribution in [0.3, 0.4) is 0 Å². The summed E-state index contributed by atoms with van der Waals surface area (Å²) in [5.74, 6) is 1.47. The summed E-state index contributed by atoms with van der Waals surface area (Å²) >= 11 is 13.7. The molecular weight excluding hydrogens is 467 g/mol. The number of amides is 1. The third kappa shape index (κ3) is 6.97. The number of carbonyl (C=O) groups is 1. The van der Waals surface area contributed by atoms with E-state index in [9.17, 15) is 13.2 Å². The zero-order chi connectivity index (χ0) is 22.3.